The Kier molecular flexibility index (Phi) is 4.06. The van der Waals surface area contributed by atoms with Gasteiger partial charge in [-0.2, -0.15) is 0 Å². The van der Waals surface area contributed by atoms with Crippen molar-refractivity contribution in [3.8, 4) is 0 Å². The van der Waals surface area contributed by atoms with Crippen molar-refractivity contribution in [3.63, 3.8) is 0 Å². The molecule has 0 aliphatic carbocycles. The topological polar surface area (TPSA) is 87.3 Å². The molecule has 1 unspecified atom stereocenters. The molecule has 1 atom stereocenters. The van der Waals surface area contributed by atoms with Crippen LogP contribution in [0.25, 0.3) is 0 Å². The molecule has 1 amide bonds. The van der Waals surface area contributed by atoms with Crippen LogP contribution in [0.4, 0.5) is 5.69 Å². The summed E-state index contributed by atoms with van der Waals surface area (Å²) in [5, 5.41) is 5.69. The summed E-state index contributed by atoms with van der Waals surface area (Å²) in [4.78, 5) is 11.2. The third kappa shape index (κ3) is 3.45. The highest BCUT2D eigenvalue weighted by molar-refractivity contribution is 7.89. The summed E-state index contributed by atoms with van der Waals surface area (Å²) >= 11 is 0. The lowest BCUT2D eigenvalue weighted by Crippen LogP contribution is -2.36. The van der Waals surface area contributed by atoms with Crippen molar-refractivity contribution >= 4 is 21.6 Å². The van der Waals surface area contributed by atoms with Gasteiger partial charge in [0.15, 0.2) is 0 Å². The van der Waals surface area contributed by atoms with E-state index in [1.807, 2.05) is 6.92 Å². The fraction of sp³-hybridized carbons (Fsp3) is 0.417. The number of amides is 1. The predicted octanol–water partition coefficient (Wildman–Crippen LogP) is 0.285. The highest BCUT2D eigenvalue weighted by Crippen LogP contribution is 2.15. The van der Waals surface area contributed by atoms with Gasteiger partial charge < -0.3 is 10.6 Å². The van der Waals surface area contributed by atoms with Crippen LogP contribution < -0.4 is 15.4 Å². The van der Waals surface area contributed by atoms with Gasteiger partial charge in [0.1, 0.15) is 0 Å². The minimum atomic E-state index is -3.57. The highest BCUT2D eigenvalue weighted by Gasteiger charge is 2.26. The molecule has 0 saturated carbocycles. The number of benzene rings is 1. The smallest absolute Gasteiger partial charge is 0.240 e. The Morgan fingerprint density at radius 2 is 2.00 bits per heavy atom. The molecule has 3 N–H and O–H groups in total. The molecule has 1 heterocycles. The second kappa shape index (κ2) is 5.58. The highest BCUT2D eigenvalue weighted by atomic mass is 32.2. The summed E-state index contributed by atoms with van der Waals surface area (Å²) in [7, 11) is -3.57. The van der Waals surface area contributed by atoms with Gasteiger partial charge in [-0.3, -0.25) is 4.79 Å². The summed E-state index contributed by atoms with van der Waals surface area (Å²) in [5.74, 6) is -0.129. The van der Waals surface area contributed by atoms with Crippen LogP contribution in [0.3, 0.4) is 0 Å². The molecule has 7 heteroatoms. The summed E-state index contributed by atoms with van der Waals surface area (Å²) in [6, 6.07) is 6.16. The fourth-order valence-electron chi connectivity index (χ4n) is 1.93. The van der Waals surface area contributed by atoms with Crippen LogP contribution in [0.5, 0.6) is 0 Å². The van der Waals surface area contributed by atoms with E-state index < -0.39 is 10.0 Å². The minimum absolute atomic E-state index is 0.129. The van der Waals surface area contributed by atoms with E-state index in [-0.39, 0.29) is 23.3 Å². The van der Waals surface area contributed by atoms with Crippen LogP contribution in [0.15, 0.2) is 29.2 Å². The zero-order valence-electron chi connectivity index (χ0n) is 10.6. The summed E-state index contributed by atoms with van der Waals surface area (Å²) in [5.41, 5.74) is 0.874. The Bertz CT molecular complexity index is 554. The first-order chi connectivity index (χ1) is 9.01. The van der Waals surface area contributed by atoms with Crippen LogP contribution in [0, 0.1) is 0 Å². The van der Waals surface area contributed by atoms with Crippen molar-refractivity contribution in [2.45, 2.75) is 24.3 Å². The largest absolute Gasteiger partial charge is 0.385 e. The molecule has 1 aliphatic heterocycles. The van der Waals surface area contributed by atoms with Crippen molar-refractivity contribution < 1.29 is 13.2 Å². The number of rotatable bonds is 5. The third-order valence-electron chi connectivity index (χ3n) is 2.84. The van der Waals surface area contributed by atoms with E-state index in [0.717, 1.165) is 12.2 Å². The fourth-order valence-corrected chi connectivity index (χ4v) is 3.17. The van der Waals surface area contributed by atoms with Crippen molar-refractivity contribution in [1.29, 1.82) is 0 Å². The predicted molar refractivity (Wildman–Crippen MR) is 72.3 cm³/mol. The Hall–Kier alpha value is -1.60. The first-order valence-corrected chi connectivity index (χ1v) is 7.62. The second-order valence-corrected chi connectivity index (χ2v) is 6.10. The molecule has 104 valence electrons. The minimum Gasteiger partial charge on any atom is -0.385 e. The zero-order chi connectivity index (χ0) is 13.9. The van der Waals surface area contributed by atoms with E-state index in [9.17, 15) is 13.2 Å². The van der Waals surface area contributed by atoms with E-state index >= 15 is 0 Å². The maximum Gasteiger partial charge on any atom is 0.240 e. The summed E-state index contributed by atoms with van der Waals surface area (Å²) in [6.45, 7) is 3.09. The van der Waals surface area contributed by atoms with Gasteiger partial charge in [0, 0.05) is 31.2 Å². The Balaban J connectivity index is 2.08. The quantitative estimate of drug-likeness (QED) is 0.724. The van der Waals surface area contributed by atoms with Crippen molar-refractivity contribution in [1.82, 2.24) is 10.0 Å². The van der Waals surface area contributed by atoms with Gasteiger partial charge in [-0.15, -0.1) is 0 Å². The Morgan fingerprint density at radius 1 is 1.32 bits per heavy atom. The molecule has 1 aromatic rings. The molecular formula is C12H17N3O3S. The first kappa shape index (κ1) is 13.8. The van der Waals surface area contributed by atoms with Crippen LogP contribution in [0.2, 0.25) is 0 Å². The number of carbonyl (C=O) groups excluding carboxylic acids is 1. The number of sulfonamides is 1. The Labute approximate surface area is 112 Å². The third-order valence-corrected chi connectivity index (χ3v) is 4.38. The van der Waals surface area contributed by atoms with Crippen LogP contribution in [-0.2, 0) is 14.8 Å². The number of carbonyl (C=O) groups is 1. The molecule has 1 fully saturated rings. The Morgan fingerprint density at radius 3 is 2.53 bits per heavy atom. The van der Waals surface area contributed by atoms with Gasteiger partial charge in [0.2, 0.25) is 15.9 Å². The average molecular weight is 283 g/mol. The van der Waals surface area contributed by atoms with E-state index in [4.69, 9.17) is 0 Å². The maximum atomic E-state index is 12.1. The molecule has 1 saturated heterocycles. The number of nitrogens with one attached hydrogen (secondary N) is 3. The monoisotopic (exact) mass is 283 g/mol. The van der Waals surface area contributed by atoms with E-state index in [0.29, 0.717) is 6.54 Å². The molecule has 1 aromatic carbocycles. The molecule has 6 nitrogen and oxygen atoms in total. The van der Waals surface area contributed by atoms with Crippen molar-refractivity contribution in [3.05, 3.63) is 24.3 Å². The maximum absolute atomic E-state index is 12.1. The molecule has 0 spiro atoms. The van der Waals surface area contributed by atoms with E-state index in [1.165, 1.54) is 0 Å². The van der Waals surface area contributed by atoms with Crippen LogP contribution >= 0.6 is 0 Å². The average Bonchev–Trinajstić information content (AvgIpc) is 2.75. The molecule has 19 heavy (non-hydrogen) atoms. The summed E-state index contributed by atoms with van der Waals surface area (Å²) in [6.07, 6.45) is 0.189. The van der Waals surface area contributed by atoms with Gasteiger partial charge in [-0.25, -0.2) is 13.1 Å². The van der Waals surface area contributed by atoms with Crippen molar-refractivity contribution in [2.75, 3.05) is 18.4 Å². The van der Waals surface area contributed by atoms with Gasteiger partial charge in [-0.05, 0) is 31.2 Å². The van der Waals surface area contributed by atoms with E-state index in [1.54, 1.807) is 24.3 Å². The van der Waals surface area contributed by atoms with Gasteiger partial charge in [0.25, 0.3) is 0 Å². The molecule has 1 aliphatic rings. The van der Waals surface area contributed by atoms with E-state index in [2.05, 4.69) is 15.4 Å². The molecule has 0 bridgehead atoms. The number of hydrogen-bond donors (Lipinski definition) is 3. The molecule has 0 radical (unpaired) electrons. The molecule has 2 rings (SSSR count). The SMILES string of the molecule is CCNc1ccc(S(=O)(=O)NC2CNC(=O)C2)cc1. The van der Waals surface area contributed by atoms with Gasteiger partial charge in [-0.1, -0.05) is 0 Å². The lowest BCUT2D eigenvalue weighted by Gasteiger charge is -2.11. The lowest BCUT2D eigenvalue weighted by atomic mass is 10.3. The normalized spacial score (nSPS) is 19.2. The molecular weight excluding hydrogens is 266 g/mol. The lowest BCUT2D eigenvalue weighted by molar-refractivity contribution is -0.119. The van der Waals surface area contributed by atoms with Crippen molar-refractivity contribution in [2.24, 2.45) is 0 Å². The standard InChI is InChI=1S/C12H17N3O3S/c1-2-13-9-3-5-11(6-4-9)19(17,18)15-10-7-12(16)14-8-10/h3-6,10,13,15H,2,7-8H2,1H3,(H,14,16). The van der Waals surface area contributed by atoms with Gasteiger partial charge in [0.05, 0.1) is 4.90 Å². The summed E-state index contributed by atoms with van der Waals surface area (Å²) < 4.78 is 26.7. The first-order valence-electron chi connectivity index (χ1n) is 6.14. The molecule has 0 aromatic heterocycles. The zero-order valence-corrected chi connectivity index (χ0v) is 11.5. The number of hydrogen-bond acceptors (Lipinski definition) is 4. The van der Waals surface area contributed by atoms with Gasteiger partial charge >= 0.3 is 0 Å². The second-order valence-electron chi connectivity index (χ2n) is 4.38. The number of anilines is 1. The van der Waals surface area contributed by atoms with Crippen LogP contribution in [0.1, 0.15) is 13.3 Å². The van der Waals surface area contributed by atoms with Crippen LogP contribution in [-0.4, -0.2) is 33.5 Å².